The Hall–Kier alpha value is -0.633. The van der Waals surface area contributed by atoms with E-state index in [2.05, 4.69) is 19.9 Å². The van der Waals surface area contributed by atoms with Gasteiger partial charge in [-0.05, 0) is 29.2 Å². The molecule has 0 aliphatic heterocycles. The van der Waals surface area contributed by atoms with Crippen LogP contribution in [-0.2, 0) is 12.8 Å². The molecular weight excluding hydrogens is 191 g/mol. The van der Waals surface area contributed by atoms with Gasteiger partial charge in [-0.1, -0.05) is 44.9 Å². The van der Waals surface area contributed by atoms with Gasteiger partial charge in [0, 0.05) is 0 Å². The quantitative estimate of drug-likeness (QED) is 0.516. The first kappa shape index (κ1) is 11.4. The summed E-state index contributed by atoms with van der Waals surface area (Å²) < 4.78 is 12.9. The van der Waals surface area contributed by atoms with Crippen molar-refractivity contribution in [2.24, 2.45) is 0 Å². The van der Waals surface area contributed by atoms with E-state index in [1.165, 1.54) is 11.1 Å². The summed E-state index contributed by atoms with van der Waals surface area (Å²) in [5.74, 6) is 0. The van der Waals surface area contributed by atoms with Crippen LogP contribution in [0.4, 0.5) is 4.11 Å². The summed E-state index contributed by atoms with van der Waals surface area (Å²) in [5.41, 5.74) is 2.68. The number of halogens is 1. The van der Waals surface area contributed by atoms with Crippen LogP contribution in [0, 0.1) is 0 Å². The molecule has 0 atom stereocenters. The van der Waals surface area contributed by atoms with E-state index in [9.17, 15) is 4.11 Å². The summed E-state index contributed by atoms with van der Waals surface area (Å²) in [6.07, 6.45) is 4.40. The molecule has 0 heterocycles. The van der Waals surface area contributed by atoms with E-state index in [4.69, 9.17) is 0 Å². The van der Waals surface area contributed by atoms with Gasteiger partial charge >= 0.3 is 0 Å². The molecule has 0 aliphatic carbocycles. The summed E-state index contributed by atoms with van der Waals surface area (Å²) >= 11 is 0. The Morgan fingerprint density at radius 3 is 2.43 bits per heavy atom. The molecule has 0 radical (unpaired) electrons. The smallest absolute Gasteiger partial charge is 0.247 e. The van der Waals surface area contributed by atoms with Crippen LogP contribution in [0.15, 0.2) is 18.2 Å². The van der Waals surface area contributed by atoms with Crippen LogP contribution in [0.2, 0.25) is 0 Å². The van der Waals surface area contributed by atoms with E-state index < -0.39 is 9.85 Å². The molecule has 1 aromatic carbocycles. The molecule has 0 unspecified atom stereocenters. The van der Waals surface area contributed by atoms with Gasteiger partial charge in [-0.15, -0.1) is 0 Å². The van der Waals surface area contributed by atoms with Crippen LogP contribution in [-0.4, -0.2) is 9.85 Å². The number of benzene rings is 1. The third kappa shape index (κ3) is 2.68. The van der Waals surface area contributed by atoms with Crippen LogP contribution in [0.3, 0.4) is 0 Å². The average molecular weight is 210 g/mol. The maximum absolute atomic E-state index is 12.9. The van der Waals surface area contributed by atoms with Crippen LogP contribution < -0.4 is 5.19 Å². The predicted molar refractivity (Wildman–Crippen MR) is 63.7 cm³/mol. The van der Waals surface area contributed by atoms with Crippen molar-refractivity contribution in [2.45, 2.75) is 39.5 Å². The van der Waals surface area contributed by atoms with Crippen molar-refractivity contribution in [2.75, 3.05) is 0 Å². The fraction of sp³-hybridized carbons (Fsp3) is 0.500. The van der Waals surface area contributed by atoms with Gasteiger partial charge in [0.1, 0.15) is 0 Å². The summed E-state index contributed by atoms with van der Waals surface area (Å²) in [7, 11) is -1.50. The summed E-state index contributed by atoms with van der Waals surface area (Å²) in [5, 5.41) is 1.03. The van der Waals surface area contributed by atoms with E-state index in [1.54, 1.807) is 0 Å². The van der Waals surface area contributed by atoms with E-state index in [0.717, 1.165) is 30.9 Å². The number of aryl methyl sites for hydroxylation is 1. The average Bonchev–Trinajstić information content (AvgIpc) is 2.21. The molecule has 0 nitrogen and oxygen atoms in total. The largest absolute Gasteiger partial charge is 0.317 e. The molecule has 0 saturated carbocycles. The van der Waals surface area contributed by atoms with Crippen molar-refractivity contribution in [1.82, 2.24) is 0 Å². The Balaban J connectivity index is 3.00. The van der Waals surface area contributed by atoms with E-state index in [0.29, 0.717) is 0 Å². The second-order valence-electron chi connectivity index (χ2n) is 3.69. The number of hydrogen-bond acceptors (Lipinski definition) is 0. The summed E-state index contributed by atoms with van der Waals surface area (Å²) in [6.45, 7) is 4.33. The lowest BCUT2D eigenvalue weighted by atomic mass is 10.00. The minimum Gasteiger partial charge on any atom is -0.317 e. The lowest BCUT2D eigenvalue weighted by Gasteiger charge is -2.11. The molecule has 78 valence electrons. The first-order valence-corrected chi connectivity index (χ1v) is 6.73. The van der Waals surface area contributed by atoms with Crippen molar-refractivity contribution >= 4 is 15.0 Å². The Morgan fingerprint density at radius 2 is 1.86 bits per heavy atom. The Bertz CT molecular complexity index is 284. The molecule has 0 amide bonds. The maximum Gasteiger partial charge on any atom is 0.247 e. The molecule has 14 heavy (non-hydrogen) atoms. The topological polar surface area (TPSA) is 0 Å². The minimum absolute atomic E-state index is 1.03. The van der Waals surface area contributed by atoms with Crippen LogP contribution >= 0.6 is 0 Å². The van der Waals surface area contributed by atoms with Crippen molar-refractivity contribution in [3.63, 3.8) is 0 Å². The highest BCUT2D eigenvalue weighted by Crippen LogP contribution is 2.11. The zero-order chi connectivity index (χ0) is 10.4. The molecule has 0 aromatic heterocycles. The molecule has 2 heteroatoms. The van der Waals surface area contributed by atoms with Crippen molar-refractivity contribution in [3.05, 3.63) is 29.3 Å². The molecule has 0 spiro atoms. The van der Waals surface area contributed by atoms with Gasteiger partial charge in [-0.2, -0.15) is 0 Å². The van der Waals surface area contributed by atoms with Gasteiger partial charge in [-0.25, -0.2) is 0 Å². The second kappa shape index (κ2) is 5.97. The van der Waals surface area contributed by atoms with Crippen LogP contribution in [0.5, 0.6) is 0 Å². The highest BCUT2D eigenvalue weighted by atomic mass is 28.3. The third-order valence-corrected chi connectivity index (χ3v) is 3.48. The van der Waals surface area contributed by atoms with Crippen molar-refractivity contribution in [1.29, 1.82) is 0 Å². The van der Waals surface area contributed by atoms with Crippen LogP contribution in [0.1, 0.15) is 37.8 Å². The van der Waals surface area contributed by atoms with Gasteiger partial charge in [0.25, 0.3) is 0 Å². The standard InChI is InChI=1S/C12H19FSi/c1-3-6-10-8-5-9-12(14-13)11(10)7-4-2/h5,8-9H,3-4,6-7,14H2,1-2H3. The molecule has 0 fully saturated rings. The molecule has 0 aliphatic rings. The SMILES string of the molecule is CCCc1cccc([SiH2]F)c1CCC. The molecular formula is C12H19FSi. The first-order chi connectivity index (χ1) is 6.83. The highest BCUT2D eigenvalue weighted by molar-refractivity contribution is 6.47. The van der Waals surface area contributed by atoms with Crippen molar-refractivity contribution < 1.29 is 4.11 Å². The van der Waals surface area contributed by atoms with Crippen LogP contribution in [0.25, 0.3) is 0 Å². The van der Waals surface area contributed by atoms with Gasteiger partial charge in [-0.3, -0.25) is 0 Å². The zero-order valence-electron chi connectivity index (χ0n) is 9.15. The Labute approximate surface area is 88.5 Å². The number of rotatable bonds is 5. The lowest BCUT2D eigenvalue weighted by molar-refractivity contribution is 0.856. The summed E-state index contributed by atoms with van der Waals surface area (Å²) in [6, 6.07) is 6.13. The maximum atomic E-state index is 12.9. The van der Waals surface area contributed by atoms with Crippen molar-refractivity contribution in [3.8, 4) is 0 Å². The lowest BCUT2D eigenvalue weighted by Crippen LogP contribution is -2.18. The Morgan fingerprint density at radius 1 is 1.14 bits per heavy atom. The van der Waals surface area contributed by atoms with E-state index in [1.807, 2.05) is 12.1 Å². The fourth-order valence-electron chi connectivity index (χ4n) is 1.89. The number of hydrogen-bond donors (Lipinski definition) is 0. The van der Waals surface area contributed by atoms with E-state index >= 15 is 0 Å². The van der Waals surface area contributed by atoms with Gasteiger partial charge in [0.2, 0.25) is 9.85 Å². The molecule has 0 bridgehead atoms. The highest BCUT2D eigenvalue weighted by Gasteiger charge is 2.06. The second-order valence-corrected chi connectivity index (χ2v) is 4.72. The molecule has 1 rings (SSSR count). The third-order valence-electron chi connectivity index (χ3n) is 2.53. The fourth-order valence-corrected chi connectivity index (χ4v) is 2.68. The molecule has 0 N–H and O–H groups in total. The molecule has 1 aromatic rings. The monoisotopic (exact) mass is 210 g/mol. The van der Waals surface area contributed by atoms with E-state index in [-0.39, 0.29) is 0 Å². The zero-order valence-corrected chi connectivity index (χ0v) is 10.6. The van der Waals surface area contributed by atoms with Gasteiger partial charge in [0.15, 0.2) is 0 Å². The predicted octanol–water partition coefficient (Wildman–Crippen LogP) is 2.27. The molecule has 0 saturated heterocycles. The normalized spacial score (nSPS) is 11.4. The minimum atomic E-state index is -1.50. The van der Waals surface area contributed by atoms with Gasteiger partial charge < -0.3 is 4.11 Å². The summed E-state index contributed by atoms with van der Waals surface area (Å²) in [4.78, 5) is 0. The first-order valence-electron chi connectivity index (χ1n) is 5.49. The van der Waals surface area contributed by atoms with Gasteiger partial charge in [0.05, 0.1) is 0 Å². The Kier molecular flexibility index (Phi) is 4.87.